The molecular weight excluding hydrogens is 276 g/mol. The van der Waals surface area contributed by atoms with E-state index in [9.17, 15) is 0 Å². The average molecular weight is 287 g/mol. The molecule has 0 radical (unpaired) electrons. The lowest BCUT2D eigenvalue weighted by atomic mass is 10.2. The largest absolute Gasteiger partial charge is 0.379 e. The lowest BCUT2D eigenvalue weighted by Crippen LogP contribution is -2.01. The van der Waals surface area contributed by atoms with E-state index in [4.69, 9.17) is 6.42 Å². The summed E-state index contributed by atoms with van der Waals surface area (Å²) in [5.41, 5.74) is 2.86. The number of hydrogen-bond acceptors (Lipinski definition) is 2. The van der Waals surface area contributed by atoms with E-state index in [1.165, 1.54) is 0 Å². The molecule has 2 nitrogen and oxygen atoms in total. The van der Waals surface area contributed by atoms with Gasteiger partial charge in [0.1, 0.15) is 0 Å². The van der Waals surface area contributed by atoms with Gasteiger partial charge >= 0.3 is 0 Å². The third-order valence-electron chi connectivity index (χ3n) is 2.29. The number of nitrogens with one attached hydrogen (secondary N) is 1. The summed E-state index contributed by atoms with van der Waals surface area (Å²) in [5, 5.41) is 3.28. The van der Waals surface area contributed by atoms with Crippen LogP contribution in [-0.2, 0) is 6.54 Å². The van der Waals surface area contributed by atoms with Crippen LogP contribution in [0, 0.1) is 12.3 Å². The van der Waals surface area contributed by atoms with Crippen LogP contribution in [0.1, 0.15) is 11.3 Å². The predicted octanol–water partition coefficient (Wildman–Crippen LogP) is 3.44. The fourth-order valence-corrected chi connectivity index (χ4v) is 1.66. The highest BCUT2D eigenvalue weighted by molar-refractivity contribution is 9.10. The molecule has 1 N–H and O–H groups in total. The second-order valence-corrected chi connectivity index (χ2v) is 4.46. The van der Waals surface area contributed by atoms with Gasteiger partial charge in [0, 0.05) is 21.9 Å². The highest BCUT2D eigenvalue weighted by Crippen LogP contribution is 2.12. The summed E-state index contributed by atoms with van der Waals surface area (Å²) in [6, 6.07) is 11.7. The van der Waals surface area contributed by atoms with Gasteiger partial charge in [0.25, 0.3) is 0 Å². The van der Waals surface area contributed by atoms with E-state index in [2.05, 4.69) is 32.2 Å². The number of pyridine rings is 1. The van der Waals surface area contributed by atoms with E-state index in [1.807, 2.05) is 36.4 Å². The molecule has 0 spiro atoms. The number of terminal acetylenes is 1. The third kappa shape index (κ3) is 3.33. The van der Waals surface area contributed by atoms with Gasteiger partial charge in [-0.2, -0.15) is 0 Å². The molecule has 0 saturated heterocycles. The lowest BCUT2D eigenvalue weighted by molar-refractivity contribution is 1.04. The average Bonchev–Trinajstić information content (AvgIpc) is 2.38. The van der Waals surface area contributed by atoms with Gasteiger partial charge in [0.15, 0.2) is 0 Å². The maximum Gasteiger partial charge on any atom is 0.0595 e. The van der Waals surface area contributed by atoms with Gasteiger partial charge in [-0.25, -0.2) is 0 Å². The maximum absolute atomic E-state index is 5.35. The summed E-state index contributed by atoms with van der Waals surface area (Å²) in [6.45, 7) is 0.682. The van der Waals surface area contributed by atoms with Gasteiger partial charge in [-0.15, -0.1) is 6.42 Å². The van der Waals surface area contributed by atoms with Crippen molar-refractivity contribution in [3.63, 3.8) is 0 Å². The Balaban J connectivity index is 2.02. The van der Waals surface area contributed by atoms with Crippen LogP contribution >= 0.6 is 15.9 Å². The first-order valence-electron chi connectivity index (χ1n) is 5.19. The Labute approximate surface area is 109 Å². The van der Waals surface area contributed by atoms with Gasteiger partial charge in [-0.3, -0.25) is 4.98 Å². The van der Waals surface area contributed by atoms with E-state index >= 15 is 0 Å². The topological polar surface area (TPSA) is 24.9 Å². The van der Waals surface area contributed by atoms with Crippen molar-refractivity contribution in [3.05, 3.63) is 58.3 Å². The quantitative estimate of drug-likeness (QED) is 0.875. The van der Waals surface area contributed by atoms with Crippen molar-refractivity contribution in [3.8, 4) is 12.3 Å². The van der Waals surface area contributed by atoms with Crippen molar-refractivity contribution in [2.24, 2.45) is 0 Å². The number of nitrogens with zero attached hydrogens (tertiary/aromatic N) is 1. The first-order valence-corrected chi connectivity index (χ1v) is 5.98. The van der Waals surface area contributed by atoms with Crippen LogP contribution < -0.4 is 5.32 Å². The van der Waals surface area contributed by atoms with Crippen LogP contribution in [0.2, 0.25) is 0 Å². The number of anilines is 1. The summed E-state index contributed by atoms with van der Waals surface area (Å²) >= 11 is 3.36. The summed E-state index contributed by atoms with van der Waals surface area (Å²) in [4.78, 5) is 4.29. The molecule has 0 aliphatic rings. The van der Waals surface area contributed by atoms with Gasteiger partial charge in [0.05, 0.1) is 12.2 Å². The zero-order valence-electron chi connectivity index (χ0n) is 9.15. The summed E-state index contributed by atoms with van der Waals surface area (Å²) in [7, 11) is 0. The molecule has 1 aromatic carbocycles. The zero-order valence-corrected chi connectivity index (χ0v) is 10.7. The Morgan fingerprint density at radius 3 is 2.88 bits per heavy atom. The molecular formula is C14H11BrN2. The summed E-state index contributed by atoms with van der Waals surface area (Å²) < 4.78 is 0.982. The Morgan fingerprint density at radius 1 is 1.29 bits per heavy atom. The zero-order chi connectivity index (χ0) is 12.1. The first kappa shape index (κ1) is 11.7. The molecule has 1 heterocycles. The molecule has 0 bridgehead atoms. The monoisotopic (exact) mass is 286 g/mol. The fraction of sp³-hybridized carbons (Fsp3) is 0.0714. The maximum atomic E-state index is 5.35. The minimum Gasteiger partial charge on any atom is -0.379 e. The highest BCUT2D eigenvalue weighted by atomic mass is 79.9. The van der Waals surface area contributed by atoms with Gasteiger partial charge in [-0.1, -0.05) is 12.0 Å². The minimum atomic E-state index is 0.682. The molecule has 0 aliphatic heterocycles. The number of hydrogen-bond donors (Lipinski definition) is 1. The van der Waals surface area contributed by atoms with Crippen molar-refractivity contribution in [1.29, 1.82) is 0 Å². The highest BCUT2D eigenvalue weighted by Gasteiger charge is 1.96. The van der Waals surface area contributed by atoms with Crippen LogP contribution in [-0.4, -0.2) is 4.98 Å². The molecule has 17 heavy (non-hydrogen) atoms. The fourth-order valence-electron chi connectivity index (χ4n) is 1.42. The lowest BCUT2D eigenvalue weighted by Gasteiger charge is -2.06. The van der Waals surface area contributed by atoms with Crippen molar-refractivity contribution in [2.75, 3.05) is 5.32 Å². The number of aromatic nitrogens is 1. The van der Waals surface area contributed by atoms with Crippen LogP contribution in [0.15, 0.2) is 47.1 Å². The number of rotatable bonds is 3. The van der Waals surface area contributed by atoms with Crippen molar-refractivity contribution in [1.82, 2.24) is 4.98 Å². The molecule has 0 saturated carbocycles. The molecule has 1 aromatic heterocycles. The molecule has 0 atom stereocenters. The predicted molar refractivity (Wildman–Crippen MR) is 73.6 cm³/mol. The van der Waals surface area contributed by atoms with Crippen LogP contribution in [0.5, 0.6) is 0 Å². The van der Waals surface area contributed by atoms with Crippen LogP contribution in [0.25, 0.3) is 0 Å². The Morgan fingerprint density at radius 2 is 2.18 bits per heavy atom. The summed E-state index contributed by atoms with van der Waals surface area (Å²) in [5.74, 6) is 2.61. The molecule has 2 rings (SSSR count). The van der Waals surface area contributed by atoms with Crippen LogP contribution in [0.4, 0.5) is 5.69 Å². The molecule has 0 fully saturated rings. The second-order valence-electron chi connectivity index (χ2n) is 3.55. The molecule has 0 amide bonds. The first-order chi connectivity index (χ1) is 8.28. The van der Waals surface area contributed by atoms with Crippen molar-refractivity contribution in [2.45, 2.75) is 6.54 Å². The van der Waals surface area contributed by atoms with Gasteiger partial charge in [-0.05, 0) is 46.3 Å². The Kier molecular flexibility index (Phi) is 3.79. The van der Waals surface area contributed by atoms with E-state index in [0.717, 1.165) is 21.4 Å². The Bertz CT molecular complexity index is 541. The summed E-state index contributed by atoms with van der Waals surface area (Å²) in [6.07, 6.45) is 7.13. The molecule has 0 unspecified atom stereocenters. The second kappa shape index (κ2) is 5.51. The molecule has 0 aliphatic carbocycles. The third-order valence-corrected chi connectivity index (χ3v) is 2.76. The number of benzene rings is 1. The van der Waals surface area contributed by atoms with Crippen molar-refractivity contribution < 1.29 is 0 Å². The van der Waals surface area contributed by atoms with E-state index in [0.29, 0.717) is 6.54 Å². The smallest absolute Gasteiger partial charge is 0.0595 e. The standard InChI is InChI=1S/C14H11BrN2/c1-2-11-4-3-5-13(8-11)17-10-14-7-6-12(15)9-16-14/h1,3-9,17H,10H2. The van der Waals surface area contributed by atoms with Gasteiger partial charge in [0.2, 0.25) is 0 Å². The van der Waals surface area contributed by atoms with Crippen LogP contribution in [0.3, 0.4) is 0 Å². The van der Waals surface area contributed by atoms with Crippen molar-refractivity contribution >= 4 is 21.6 Å². The minimum absolute atomic E-state index is 0.682. The van der Waals surface area contributed by atoms with E-state index < -0.39 is 0 Å². The molecule has 84 valence electrons. The van der Waals surface area contributed by atoms with E-state index in [1.54, 1.807) is 6.20 Å². The van der Waals surface area contributed by atoms with E-state index in [-0.39, 0.29) is 0 Å². The molecule has 2 aromatic rings. The van der Waals surface area contributed by atoms with Gasteiger partial charge < -0.3 is 5.32 Å². The normalized spacial score (nSPS) is 9.65. The SMILES string of the molecule is C#Cc1cccc(NCc2ccc(Br)cn2)c1. The Hall–Kier alpha value is -1.79. The molecule has 3 heteroatoms. The number of halogens is 1.